The number of esters is 1. The van der Waals surface area contributed by atoms with Crippen LogP contribution in [-0.2, 0) is 9.53 Å². The number of nitrogens with zero attached hydrogens (tertiary/aromatic N) is 1. The third-order valence-electron chi connectivity index (χ3n) is 3.78. The first-order chi connectivity index (χ1) is 11.8. The van der Waals surface area contributed by atoms with Crippen LogP contribution in [0.5, 0.6) is 5.75 Å². The Hall–Kier alpha value is -2.77. The van der Waals surface area contributed by atoms with Crippen molar-refractivity contribution in [2.45, 2.75) is 39.2 Å². The van der Waals surface area contributed by atoms with E-state index in [1.54, 1.807) is 20.8 Å². The van der Waals surface area contributed by atoms with Crippen LogP contribution in [0.15, 0.2) is 24.0 Å². The van der Waals surface area contributed by atoms with Crippen molar-refractivity contribution in [3.05, 3.63) is 39.6 Å². The quantitative estimate of drug-likeness (QED) is 0.336. The number of hydrogen-bond acceptors (Lipinski definition) is 7. The van der Waals surface area contributed by atoms with Gasteiger partial charge in [-0.3, -0.25) is 14.9 Å². The van der Waals surface area contributed by atoms with Crippen molar-refractivity contribution in [1.29, 1.82) is 0 Å². The van der Waals surface area contributed by atoms with Gasteiger partial charge in [0, 0.05) is 24.6 Å². The van der Waals surface area contributed by atoms with Gasteiger partial charge in [0.15, 0.2) is 11.4 Å². The number of nitro benzene ring substituents is 1. The van der Waals surface area contributed by atoms with E-state index in [0.29, 0.717) is 36.6 Å². The molecule has 0 spiro atoms. The van der Waals surface area contributed by atoms with Crippen LogP contribution in [0.3, 0.4) is 0 Å². The summed E-state index contributed by atoms with van der Waals surface area (Å²) in [6.45, 7) is 5.87. The molecule has 1 aromatic carbocycles. The Bertz CT molecular complexity index is 711. The van der Waals surface area contributed by atoms with Crippen LogP contribution in [0.2, 0.25) is 0 Å². The highest BCUT2D eigenvalue weighted by Crippen LogP contribution is 2.40. The lowest BCUT2D eigenvalue weighted by molar-refractivity contribution is -0.385. The number of fused-ring (bicyclic) bond motifs is 1. The molecule has 0 atom stereocenters. The van der Waals surface area contributed by atoms with Gasteiger partial charge in [-0.2, -0.15) is 0 Å². The van der Waals surface area contributed by atoms with Crippen molar-refractivity contribution in [3.8, 4) is 5.75 Å². The van der Waals surface area contributed by atoms with Crippen molar-refractivity contribution in [2.75, 3.05) is 13.2 Å². The summed E-state index contributed by atoms with van der Waals surface area (Å²) in [5, 5.41) is 24.5. The fraction of sp³-hybridized carbons (Fsp3) is 0.471. The summed E-state index contributed by atoms with van der Waals surface area (Å²) in [7, 11) is 0. The molecule has 136 valence electrons. The molecular formula is C17H22N2O6. The monoisotopic (exact) mass is 350 g/mol. The number of rotatable bonds is 7. The maximum Gasteiger partial charge on any atom is 0.305 e. The van der Waals surface area contributed by atoms with E-state index in [2.05, 4.69) is 5.32 Å². The van der Waals surface area contributed by atoms with Gasteiger partial charge in [-0.1, -0.05) is 0 Å². The van der Waals surface area contributed by atoms with E-state index >= 15 is 0 Å². The van der Waals surface area contributed by atoms with Crippen molar-refractivity contribution < 1.29 is 24.3 Å². The summed E-state index contributed by atoms with van der Waals surface area (Å²) < 4.78 is 10.6. The largest absolute Gasteiger partial charge is 0.506 e. The molecule has 1 aliphatic rings. The van der Waals surface area contributed by atoms with Crippen LogP contribution >= 0.6 is 0 Å². The third kappa shape index (κ3) is 4.20. The second-order valence-corrected chi connectivity index (χ2v) is 6.11. The standard InChI is InChI=1S/C17H22N2O6/c1-4-24-14(20)6-5-9-18-15-12-8-7-11(19(22)23)10-13(12)25-17(2,3)16(15)21/h7-8,10,18,21H,4-6,9H2,1-3H3. The highest BCUT2D eigenvalue weighted by atomic mass is 16.6. The van der Waals surface area contributed by atoms with E-state index in [1.165, 1.54) is 18.2 Å². The van der Waals surface area contributed by atoms with Crippen LogP contribution in [-0.4, -0.2) is 34.8 Å². The first-order valence-corrected chi connectivity index (χ1v) is 8.07. The highest BCUT2D eigenvalue weighted by molar-refractivity contribution is 5.75. The lowest BCUT2D eigenvalue weighted by Crippen LogP contribution is -2.37. The molecule has 0 unspecified atom stereocenters. The van der Waals surface area contributed by atoms with E-state index < -0.39 is 10.5 Å². The Morgan fingerprint density at radius 3 is 2.80 bits per heavy atom. The molecule has 8 nitrogen and oxygen atoms in total. The lowest BCUT2D eigenvalue weighted by Gasteiger charge is -2.33. The molecule has 0 aliphatic carbocycles. The number of aliphatic hydroxyl groups excluding tert-OH is 1. The molecule has 1 aromatic rings. The van der Waals surface area contributed by atoms with Gasteiger partial charge >= 0.3 is 5.97 Å². The SMILES string of the molecule is CCOC(=O)CCCNC1=C(O)C(C)(C)Oc2cc([N+](=O)[O-])ccc21. The van der Waals surface area contributed by atoms with E-state index in [0.717, 1.165) is 0 Å². The molecule has 0 aromatic heterocycles. The van der Waals surface area contributed by atoms with Gasteiger partial charge < -0.3 is 19.9 Å². The normalized spacial score (nSPS) is 15.2. The van der Waals surface area contributed by atoms with Crippen LogP contribution < -0.4 is 10.1 Å². The van der Waals surface area contributed by atoms with Crippen molar-refractivity contribution >= 4 is 17.4 Å². The molecule has 1 aliphatic heterocycles. The Morgan fingerprint density at radius 1 is 1.44 bits per heavy atom. The van der Waals surface area contributed by atoms with E-state index in [-0.39, 0.29) is 23.8 Å². The zero-order valence-electron chi connectivity index (χ0n) is 14.5. The first-order valence-electron chi connectivity index (χ1n) is 8.07. The first kappa shape index (κ1) is 18.6. The van der Waals surface area contributed by atoms with Crippen LogP contribution in [0.4, 0.5) is 5.69 Å². The smallest absolute Gasteiger partial charge is 0.305 e. The molecule has 0 amide bonds. The van der Waals surface area contributed by atoms with E-state index in [1.807, 2.05) is 0 Å². The van der Waals surface area contributed by atoms with Gasteiger partial charge in [-0.05, 0) is 33.3 Å². The van der Waals surface area contributed by atoms with Crippen LogP contribution in [0.1, 0.15) is 39.2 Å². The van der Waals surface area contributed by atoms with Gasteiger partial charge in [-0.15, -0.1) is 0 Å². The van der Waals surface area contributed by atoms with Gasteiger partial charge in [-0.25, -0.2) is 0 Å². The van der Waals surface area contributed by atoms with Crippen molar-refractivity contribution in [3.63, 3.8) is 0 Å². The second-order valence-electron chi connectivity index (χ2n) is 6.11. The zero-order valence-corrected chi connectivity index (χ0v) is 14.5. The predicted octanol–water partition coefficient (Wildman–Crippen LogP) is 2.93. The summed E-state index contributed by atoms with van der Waals surface area (Å²) in [6.07, 6.45) is 0.793. The van der Waals surface area contributed by atoms with Crippen molar-refractivity contribution in [2.24, 2.45) is 0 Å². The van der Waals surface area contributed by atoms with Gasteiger partial charge in [0.2, 0.25) is 0 Å². The fourth-order valence-corrected chi connectivity index (χ4v) is 2.53. The van der Waals surface area contributed by atoms with E-state index in [9.17, 15) is 20.0 Å². The number of carbonyl (C=O) groups is 1. The summed E-state index contributed by atoms with van der Waals surface area (Å²) in [6, 6.07) is 4.23. The summed E-state index contributed by atoms with van der Waals surface area (Å²) in [5.74, 6) is 0.0562. The number of hydrogen-bond donors (Lipinski definition) is 2. The summed E-state index contributed by atoms with van der Waals surface area (Å²) in [4.78, 5) is 21.8. The summed E-state index contributed by atoms with van der Waals surface area (Å²) >= 11 is 0. The molecule has 0 radical (unpaired) electrons. The predicted molar refractivity (Wildman–Crippen MR) is 91.2 cm³/mol. The topological polar surface area (TPSA) is 111 Å². The molecule has 2 rings (SSSR count). The highest BCUT2D eigenvalue weighted by Gasteiger charge is 2.36. The Labute approximate surface area is 145 Å². The van der Waals surface area contributed by atoms with Crippen LogP contribution in [0.25, 0.3) is 5.70 Å². The Kier molecular flexibility index (Phi) is 5.51. The maximum absolute atomic E-state index is 11.4. The minimum atomic E-state index is -1.02. The Morgan fingerprint density at radius 2 is 2.16 bits per heavy atom. The minimum Gasteiger partial charge on any atom is -0.506 e. The second kappa shape index (κ2) is 7.42. The number of non-ortho nitro benzene ring substituents is 1. The third-order valence-corrected chi connectivity index (χ3v) is 3.78. The molecule has 0 bridgehead atoms. The average molecular weight is 350 g/mol. The Balaban J connectivity index is 2.18. The molecule has 0 fully saturated rings. The number of ether oxygens (including phenoxy) is 2. The molecule has 1 heterocycles. The molecule has 2 N–H and O–H groups in total. The number of nitro groups is 1. The molecular weight excluding hydrogens is 328 g/mol. The minimum absolute atomic E-state index is 0.00462. The summed E-state index contributed by atoms with van der Waals surface area (Å²) in [5.41, 5.74) is -0.118. The average Bonchev–Trinajstić information content (AvgIpc) is 2.54. The van der Waals surface area contributed by atoms with Gasteiger partial charge in [0.25, 0.3) is 5.69 Å². The molecule has 0 saturated heterocycles. The molecule has 25 heavy (non-hydrogen) atoms. The number of aliphatic hydroxyl groups is 1. The van der Waals surface area contributed by atoms with Gasteiger partial charge in [0.05, 0.1) is 23.3 Å². The molecule has 0 saturated carbocycles. The fourth-order valence-electron chi connectivity index (χ4n) is 2.53. The maximum atomic E-state index is 11.4. The lowest BCUT2D eigenvalue weighted by atomic mass is 9.96. The van der Waals surface area contributed by atoms with Gasteiger partial charge in [0.1, 0.15) is 5.75 Å². The zero-order chi connectivity index (χ0) is 18.6. The number of benzene rings is 1. The van der Waals surface area contributed by atoms with Crippen LogP contribution in [0, 0.1) is 10.1 Å². The number of carbonyl (C=O) groups excluding carboxylic acids is 1. The number of nitrogens with one attached hydrogen (secondary N) is 1. The molecule has 8 heteroatoms. The van der Waals surface area contributed by atoms with E-state index in [4.69, 9.17) is 9.47 Å². The van der Waals surface area contributed by atoms with Crippen molar-refractivity contribution in [1.82, 2.24) is 5.32 Å².